The fraction of sp³-hybridized carbons (Fsp3) is 0.667. The van der Waals surface area contributed by atoms with Crippen LogP contribution in [0, 0.1) is 6.92 Å². The van der Waals surface area contributed by atoms with E-state index in [1.54, 1.807) is 11.7 Å². The minimum Gasteiger partial charge on any atom is -0.348 e. The molecule has 1 aliphatic rings. The molecule has 1 heterocycles. The number of carbonyl (C=O) groups is 1. The third kappa shape index (κ3) is 3.46. The Balaban J connectivity index is 0.00000162. The minimum atomic E-state index is -0.0337. The maximum atomic E-state index is 12.0. The molecule has 0 aromatic carbocycles. The third-order valence-electron chi connectivity index (χ3n) is 3.34. The van der Waals surface area contributed by atoms with Gasteiger partial charge in [0.05, 0.1) is 5.69 Å². The van der Waals surface area contributed by atoms with Gasteiger partial charge in [0, 0.05) is 19.1 Å². The summed E-state index contributed by atoms with van der Waals surface area (Å²) < 4.78 is 1.62. The van der Waals surface area contributed by atoms with Gasteiger partial charge in [-0.25, -0.2) is 0 Å². The number of aromatic nitrogens is 2. The minimum absolute atomic E-state index is 0. The molecule has 102 valence electrons. The van der Waals surface area contributed by atoms with E-state index in [-0.39, 0.29) is 24.4 Å². The number of nitrogens with two attached hydrogens (primary N) is 1. The van der Waals surface area contributed by atoms with E-state index in [4.69, 9.17) is 5.73 Å². The normalized spacial score (nSPS) is 23.3. The number of nitrogens with one attached hydrogen (secondary N) is 1. The van der Waals surface area contributed by atoms with Crippen LogP contribution in [-0.4, -0.2) is 27.8 Å². The monoisotopic (exact) mass is 272 g/mol. The summed E-state index contributed by atoms with van der Waals surface area (Å²) in [6.07, 6.45) is 3.94. The molecule has 2 rings (SSSR count). The molecule has 0 radical (unpaired) electrons. The molecule has 1 aromatic rings. The Kier molecular flexibility index (Phi) is 5.16. The first-order chi connectivity index (χ1) is 8.06. The number of aryl methyl sites for hydroxylation is 2. The van der Waals surface area contributed by atoms with Gasteiger partial charge in [-0.05, 0) is 38.7 Å². The van der Waals surface area contributed by atoms with Gasteiger partial charge >= 0.3 is 0 Å². The molecule has 18 heavy (non-hydrogen) atoms. The van der Waals surface area contributed by atoms with Gasteiger partial charge in [0.2, 0.25) is 0 Å². The van der Waals surface area contributed by atoms with Crippen LogP contribution in [0.4, 0.5) is 0 Å². The topological polar surface area (TPSA) is 72.9 Å². The maximum absolute atomic E-state index is 12.0. The Morgan fingerprint density at radius 2 is 2.06 bits per heavy atom. The summed E-state index contributed by atoms with van der Waals surface area (Å²) in [6.45, 7) is 1.89. The number of hydrogen-bond acceptors (Lipinski definition) is 3. The molecule has 1 aliphatic carbocycles. The second kappa shape index (κ2) is 6.20. The van der Waals surface area contributed by atoms with Crippen LogP contribution in [0.1, 0.15) is 41.9 Å². The first-order valence-corrected chi connectivity index (χ1v) is 6.13. The van der Waals surface area contributed by atoms with E-state index in [9.17, 15) is 4.79 Å². The van der Waals surface area contributed by atoms with Crippen molar-refractivity contribution in [1.29, 1.82) is 0 Å². The van der Waals surface area contributed by atoms with Crippen LogP contribution < -0.4 is 11.1 Å². The number of rotatable bonds is 2. The Bertz CT molecular complexity index is 410. The number of carbonyl (C=O) groups excluding carboxylic acids is 1. The van der Waals surface area contributed by atoms with Gasteiger partial charge in [-0.2, -0.15) is 5.10 Å². The van der Waals surface area contributed by atoms with Crippen molar-refractivity contribution in [3.63, 3.8) is 0 Å². The highest BCUT2D eigenvalue weighted by atomic mass is 35.5. The zero-order valence-electron chi connectivity index (χ0n) is 10.8. The fourth-order valence-corrected chi connectivity index (χ4v) is 2.35. The highest BCUT2D eigenvalue weighted by Crippen LogP contribution is 2.17. The Hall–Kier alpha value is -1.07. The third-order valence-corrected chi connectivity index (χ3v) is 3.34. The van der Waals surface area contributed by atoms with Crippen molar-refractivity contribution < 1.29 is 4.79 Å². The van der Waals surface area contributed by atoms with Gasteiger partial charge in [-0.1, -0.05) is 0 Å². The second-order valence-corrected chi connectivity index (χ2v) is 4.88. The van der Waals surface area contributed by atoms with E-state index in [0.29, 0.717) is 11.7 Å². The molecule has 1 fully saturated rings. The quantitative estimate of drug-likeness (QED) is 0.848. The average Bonchev–Trinajstić information content (AvgIpc) is 2.61. The van der Waals surface area contributed by atoms with Crippen molar-refractivity contribution in [2.45, 2.75) is 44.7 Å². The van der Waals surface area contributed by atoms with E-state index in [1.165, 1.54) is 0 Å². The molecule has 0 saturated heterocycles. The molecule has 0 atom stereocenters. The van der Waals surface area contributed by atoms with Gasteiger partial charge in [0.1, 0.15) is 5.69 Å². The molecule has 1 saturated carbocycles. The standard InChI is InChI=1S/C12H20N4O.ClH/c1-8-7-11(16(2)15-8)12(17)14-10-5-3-9(13)4-6-10;/h7,9-10H,3-6,13H2,1-2H3,(H,14,17);1H. The van der Waals surface area contributed by atoms with Crippen LogP contribution in [0.15, 0.2) is 6.07 Å². The van der Waals surface area contributed by atoms with Gasteiger partial charge in [0.25, 0.3) is 5.91 Å². The van der Waals surface area contributed by atoms with Crippen molar-refractivity contribution in [3.8, 4) is 0 Å². The van der Waals surface area contributed by atoms with Gasteiger partial charge < -0.3 is 11.1 Å². The lowest BCUT2D eigenvalue weighted by atomic mass is 9.92. The lowest BCUT2D eigenvalue weighted by Crippen LogP contribution is -2.41. The second-order valence-electron chi connectivity index (χ2n) is 4.88. The van der Waals surface area contributed by atoms with Crippen molar-refractivity contribution in [3.05, 3.63) is 17.5 Å². The molecular weight excluding hydrogens is 252 g/mol. The summed E-state index contributed by atoms with van der Waals surface area (Å²) in [5.41, 5.74) is 7.33. The molecule has 3 N–H and O–H groups in total. The maximum Gasteiger partial charge on any atom is 0.269 e. The first kappa shape index (κ1) is 15.0. The average molecular weight is 273 g/mol. The van der Waals surface area contributed by atoms with Crippen molar-refractivity contribution in [2.75, 3.05) is 0 Å². The molecule has 6 heteroatoms. The van der Waals surface area contributed by atoms with Crippen LogP contribution in [0.25, 0.3) is 0 Å². The van der Waals surface area contributed by atoms with Gasteiger partial charge in [-0.3, -0.25) is 9.48 Å². The molecule has 1 aromatic heterocycles. The van der Waals surface area contributed by atoms with Crippen LogP contribution in [-0.2, 0) is 7.05 Å². The zero-order chi connectivity index (χ0) is 12.4. The van der Waals surface area contributed by atoms with Gasteiger partial charge in [0.15, 0.2) is 0 Å². The summed E-state index contributed by atoms with van der Waals surface area (Å²) in [7, 11) is 1.79. The summed E-state index contributed by atoms with van der Waals surface area (Å²) >= 11 is 0. The molecule has 0 bridgehead atoms. The van der Waals surface area contributed by atoms with Gasteiger partial charge in [-0.15, -0.1) is 12.4 Å². The molecule has 0 spiro atoms. The van der Waals surface area contributed by atoms with Crippen LogP contribution in [0.3, 0.4) is 0 Å². The van der Waals surface area contributed by atoms with Crippen LogP contribution >= 0.6 is 12.4 Å². The Morgan fingerprint density at radius 3 is 2.56 bits per heavy atom. The number of halogens is 1. The molecule has 1 amide bonds. The lowest BCUT2D eigenvalue weighted by molar-refractivity contribution is 0.0916. The summed E-state index contributed by atoms with van der Waals surface area (Å²) in [5, 5.41) is 7.23. The molecule has 5 nitrogen and oxygen atoms in total. The van der Waals surface area contributed by atoms with E-state index < -0.39 is 0 Å². The smallest absolute Gasteiger partial charge is 0.269 e. The highest BCUT2D eigenvalue weighted by Gasteiger charge is 2.21. The van der Waals surface area contributed by atoms with E-state index in [0.717, 1.165) is 31.4 Å². The molecular formula is C12H21ClN4O. The SMILES string of the molecule is Cc1cc(C(=O)NC2CCC(N)CC2)n(C)n1.Cl. The van der Waals surface area contributed by atoms with Crippen molar-refractivity contribution in [2.24, 2.45) is 12.8 Å². The lowest BCUT2D eigenvalue weighted by Gasteiger charge is -2.26. The first-order valence-electron chi connectivity index (χ1n) is 6.13. The summed E-state index contributed by atoms with van der Waals surface area (Å²) in [5.74, 6) is -0.0337. The predicted molar refractivity (Wildman–Crippen MR) is 72.9 cm³/mol. The van der Waals surface area contributed by atoms with Crippen molar-refractivity contribution in [1.82, 2.24) is 15.1 Å². The fourth-order valence-electron chi connectivity index (χ4n) is 2.35. The Morgan fingerprint density at radius 1 is 1.44 bits per heavy atom. The Labute approximate surface area is 114 Å². The van der Waals surface area contributed by atoms with Crippen molar-refractivity contribution >= 4 is 18.3 Å². The number of amides is 1. The zero-order valence-corrected chi connectivity index (χ0v) is 11.7. The van der Waals surface area contributed by atoms with E-state index >= 15 is 0 Å². The van der Waals surface area contributed by atoms with Crippen LogP contribution in [0.5, 0.6) is 0 Å². The highest BCUT2D eigenvalue weighted by molar-refractivity contribution is 5.92. The predicted octanol–water partition coefficient (Wildman–Crippen LogP) is 1.15. The van der Waals surface area contributed by atoms with Crippen LogP contribution in [0.2, 0.25) is 0 Å². The summed E-state index contributed by atoms with van der Waals surface area (Å²) in [6, 6.07) is 2.38. The largest absolute Gasteiger partial charge is 0.348 e. The number of nitrogens with zero attached hydrogens (tertiary/aromatic N) is 2. The molecule has 0 unspecified atom stereocenters. The van der Waals surface area contributed by atoms with E-state index in [1.807, 2.05) is 13.0 Å². The number of hydrogen-bond donors (Lipinski definition) is 2. The van der Waals surface area contributed by atoms with E-state index in [2.05, 4.69) is 10.4 Å². The molecule has 0 aliphatic heterocycles. The summed E-state index contributed by atoms with van der Waals surface area (Å²) in [4.78, 5) is 12.0.